The highest BCUT2D eigenvalue weighted by Gasteiger charge is 2.38. The third-order valence-electron chi connectivity index (χ3n) is 6.65. The number of methoxy groups -OCH3 is 1. The van der Waals surface area contributed by atoms with Crippen LogP contribution >= 0.6 is 15.9 Å². The Labute approximate surface area is 241 Å². The molecule has 0 aliphatic heterocycles. The smallest absolute Gasteiger partial charge is 0.468 e. The minimum absolute atomic E-state index is 0.163. The maximum atomic E-state index is 12.8. The average molecular weight is 614 g/mol. The van der Waals surface area contributed by atoms with Crippen molar-refractivity contribution in [3.63, 3.8) is 0 Å². The van der Waals surface area contributed by atoms with Crippen LogP contribution in [0.1, 0.15) is 95.9 Å². The molecular formula is C30H45BrO8. The van der Waals surface area contributed by atoms with Crippen LogP contribution in [-0.4, -0.2) is 50.8 Å². The molecule has 2 atom stereocenters. The fraction of sp³-hybridized carbons (Fsp3) is 0.667. The summed E-state index contributed by atoms with van der Waals surface area (Å²) in [6.07, 6.45) is 7.18. The number of hydrogen-bond donors (Lipinski definition) is 0. The number of unbranched alkanes of at least 4 members (excludes halogenated alkanes) is 6. The van der Waals surface area contributed by atoms with Gasteiger partial charge in [-0.25, -0.2) is 4.79 Å². The van der Waals surface area contributed by atoms with Crippen molar-refractivity contribution in [1.82, 2.24) is 0 Å². The summed E-state index contributed by atoms with van der Waals surface area (Å²) in [6.45, 7) is 6.41. The highest BCUT2D eigenvalue weighted by Crippen LogP contribution is 2.37. The van der Waals surface area contributed by atoms with Gasteiger partial charge in [0.25, 0.3) is 0 Å². The summed E-state index contributed by atoms with van der Waals surface area (Å²) in [6, 6.07) is 10.2. The van der Waals surface area contributed by atoms with E-state index in [1.807, 2.05) is 32.0 Å². The normalized spacial score (nSPS) is 13.6. The summed E-state index contributed by atoms with van der Waals surface area (Å²) in [5.41, 5.74) is -0.484. The van der Waals surface area contributed by atoms with E-state index in [0.717, 1.165) is 44.9 Å². The lowest BCUT2D eigenvalue weighted by Gasteiger charge is -2.26. The molecule has 220 valence electrons. The van der Waals surface area contributed by atoms with Crippen LogP contribution in [0.25, 0.3) is 0 Å². The molecular weight excluding hydrogens is 568 g/mol. The van der Waals surface area contributed by atoms with Gasteiger partial charge in [-0.15, -0.1) is 0 Å². The molecule has 0 fully saturated rings. The Morgan fingerprint density at radius 1 is 0.821 bits per heavy atom. The lowest BCUT2D eigenvalue weighted by atomic mass is 9.80. The van der Waals surface area contributed by atoms with Crippen molar-refractivity contribution in [1.29, 1.82) is 0 Å². The standard InChI is InChI=1S/C30H45BrO8/c1-23(32)38-21-30(4,27(34)36-5)22-39-28(35)37-19-15-10-8-6-7-9-14-18-26(33)29(2,3)20-25(31)24-16-12-11-13-17-24/h11-13,16-17,25H,6-10,14-15,18-22H2,1-5H3. The number of rotatable bonds is 19. The van der Waals surface area contributed by atoms with Gasteiger partial charge in [-0.1, -0.05) is 92.2 Å². The quantitative estimate of drug-likeness (QED) is 0.0703. The van der Waals surface area contributed by atoms with Gasteiger partial charge in [0.2, 0.25) is 0 Å². The van der Waals surface area contributed by atoms with Crippen molar-refractivity contribution in [3.05, 3.63) is 35.9 Å². The Kier molecular flexibility index (Phi) is 16.0. The van der Waals surface area contributed by atoms with Gasteiger partial charge in [0.15, 0.2) is 0 Å². The van der Waals surface area contributed by atoms with E-state index in [1.54, 1.807) is 0 Å². The molecule has 0 amide bonds. The first-order chi connectivity index (χ1) is 18.4. The second kappa shape index (κ2) is 18.0. The average Bonchev–Trinajstić information content (AvgIpc) is 2.91. The van der Waals surface area contributed by atoms with Gasteiger partial charge in [0.05, 0.1) is 13.7 Å². The number of halogens is 1. The highest BCUT2D eigenvalue weighted by atomic mass is 79.9. The number of carbonyl (C=O) groups is 4. The number of Topliss-reactive ketones (excluding diaryl/α,β-unsaturated/α-hetero) is 1. The third-order valence-corrected chi connectivity index (χ3v) is 7.51. The molecule has 39 heavy (non-hydrogen) atoms. The fourth-order valence-corrected chi connectivity index (χ4v) is 5.15. The first kappa shape index (κ1) is 34.6. The van der Waals surface area contributed by atoms with Crippen LogP contribution in [0, 0.1) is 10.8 Å². The van der Waals surface area contributed by atoms with E-state index < -0.39 is 23.5 Å². The van der Waals surface area contributed by atoms with Gasteiger partial charge in [-0.2, -0.15) is 0 Å². The molecule has 0 radical (unpaired) electrons. The van der Waals surface area contributed by atoms with Gasteiger partial charge < -0.3 is 18.9 Å². The van der Waals surface area contributed by atoms with Gasteiger partial charge in [-0.05, 0) is 31.7 Å². The molecule has 0 heterocycles. The number of ether oxygens (including phenoxy) is 4. The van der Waals surface area contributed by atoms with Gasteiger partial charge in [0.1, 0.15) is 24.4 Å². The molecule has 2 unspecified atom stereocenters. The zero-order valence-corrected chi connectivity index (χ0v) is 25.7. The van der Waals surface area contributed by atoms with Crippen LogP contribution < -0.4 is 0 Å². The number of esters is 2. The molecule has 1 rings (SSSR count). The minimum Gasteiger partial charge on any atom is -0.468 e. The molecule has 8 nitrogen and oxygen atoms in total. The number of ketones is 1. The summed E-state index contributed by atoms with van der Waals surface area (Å²) in [4.78, 5) is 47.9. The molecule has 0 aliphatic rings. The van der Waals surface area contributed by atoms with Gasteiger partial charge in [0, 0.05) is 23.6 Å². The number of benzene rings is 1. The highest BCUT2D eigenvalue weighted by molar-refractivity contribution is 9.09. The Morgan fingerprint density at radius 3 is 1.97 bits per heavy atom. The van der Waals surface area contributed by atoms with Crippen molar-refractivity contribution >= 4 is 39.8 Å². The van der Waals surface area contributed by atoms with E-state index in [-0.39, 0.29) is 30.1 Å². The third kappa shape index (κ3) is 14.0. The Bertz CT molecular complexity index is 901. The van der Waals surface area contributed by atoms with Crippen molar-refractivity contribution in [3.8, 4) is 0 Å². The van der Waals surface area contributed by atoms with Gasteiger partial charge >= 0.3 is 18.1 Å². The molecule has 0 saturated heterocycles. The summed E-state index contributed by atoms with van der Waals surface area (Å²) in [5.74, 6) is -0.891. The topological polar surface area (TPSA) is 105 Å². The van der Waals surface area contributed by atoms with E-state index in [2.05, 4.69) is 28.1 Å². The van der Waals surface area contributed by atoms with Crippen LogP contribution in [-0.2, 0) is 33.3 Å². The van der Waals surface area contributed by atoms with Crippen molar-refractivity contribution in [2.75, 3.05) is 26.9 Å². The number of carbonyl (C=O) groups excluding carboxylic acids is 4. The molecule has 0 bridgehead atoms. The van der Waals surface area contributed by atoms with E-state index in [9.17, 15) is 19.2 Å². The molecule has 0 spiro atoms. The second-order valence-corrected chi connectivity index (χ2v) is 11.9. The van der Waals surface area contributed by atoms with Gasteiger partial charge in [-0.3, -0.25) is 14.4 Å². The first-order valence-electron chi connectivity index (χ1n) is 13.6. The first-order valence-corrected chi connectivity index (χ1v) is 14.6. The molecule has 0 aromatic heterocycles. The molecule has 9 heteroatoms. The van der Waals surface area contributed by atoms with Crippen LogP contribution in [0.2, 0.25) is 0 Å². The zero-order valence-electron chi connectivity index (χ0n) is 24.1. The predicted octanol–water partition coefficient (Wildman–Crippen LogP) is 7.12. The maximum absolute atomic E-state index is 12.8. The lowest BCUT2D eigenvalue weighted by Crippen LogP contribution is -2.39. The van der Waals surface area contributed by atoms with Crippen LogP contribution in [0.15, 0.2) is 30.3 Å². The second-order valence-electron chi connectivity index (χ2n) is 10.8. The molecule has 0 saturated carbocycles. The fourth-order valence-electron chi connectivity index (χ4n) is 4.03. The van der Waals surface area contributed by atoms with E-state index in [4.69, 9.17) is 18.9 Å². The maximum Gasteiger partial charge on any atom is 0.508 e. The van der Waals surface area contributed by atoms with Crippen molar-refractivity contribution < 1.29 is 38.1 Å². The number of hydrogen-bond acceptors (Lipinski definition) is 8. The molecule has 1 aromatic carbocycles. The predicted molar refractivity (Wildman–Crippen MR) is 153 cm³/mol. The van der Waals surface area contributed by atoms with E-state index in [0.29, 0.717) is 18.6 Å². The Balaban J connectivity index is 2.13. The lowest BCUT2D eigenvalue weighted by molar-refractivity contribution is -0.163. The summed E-state index contributed by atoms with van der Waals surface area (Å²) < 4.78 is 19.7. The Morgan fingerprint density at radius 2 is 1.38 bits per heavy atom. The molecule has 0 N–H and O–H groups in total. The van der Waals surface area contributed by atoms with Crippen molar-refractivity contribution in [2.45, 2.75) is 90.3 Å². The van der Waals surface area contributed by atoms with Crippen LogP contribution in [0.5, 0.6) is 0 Å². The molecule has 0 aliphatic carbocycles. The summed E-state index contributed by atoms with van der Waals surface area (Å²) in [5, 5.41) is 0. The molecule has 1 aromatic rings. The van der Waals surface area contributed by atoms with E-state index in [1.165, 1.54) is 26.5 Å². The SMILES string of the molecule is COC(=O)C(C)(COC(C)=O)COC(=O)OCCCCCCCCCC(=O)C(C)(C)CC(Br)c1ccccc1. The van der Waals surface area contributed by atoms with Crippen molar-refractivity contribution in [2.24, 2.45) is 10.8 Å². The Hall–Kier alpha value is -2.42. The zero-order chi connectivity index (χ0) is 29.3. The van der Waals surface area contributed by atoms with Crippen LogP contribution in [0.3, 0.4) is 0 Å². The largest absolute Gasteiger partial charge is 0.508 e. The summed E-state index contributed by atoms with van der Waals surface area (Å²) >= 11 is 3.74. The monoisotopic (exact) mass is 612 g/mol. The van der Waals surface area contributed by atoms with Crippen LogP contribution in [0.4, 0.5) is 4.79 Å². The number of alkyl halides is 1. The minimum atomic E-state index is -1.31. The summed E-state index contributed by atoms with van der Waals surface area (Å²) in [7, 11) is 1.21. The van der Waals surface area contributed by atoms with E-state index >= 15 is 0 Å².